The molecule has 0 radical (unpaired) electrons. The summed E-state index contributed by atoms with van der Waals surface area (Å²) in [5.41, 5.74) is 0. The van der Waals surface area contributed by atoms with Gasteiger partial charge in [-0.3, -0.25) is 4.79 Å². The van der Waals surface area contributed by atoms with Crippen molar-refractivity contribution in [3.63, 3.8) is 0 Å². The topological polar surface area (TPSA) is 41.1 Å². The van der Waals surface area contributed by atoms with Crippen molar-refractivity contribution in [2.45, 2.75) is 77.2 Å². The van der Waals surface area contributed by atoms with E-state index in [2.05, 4.69) is 17.6 Å². The molecule has 2 rings (SSSR count). The highest BCUT2D eigenvalue weighted by Crippen LogP contribution is 2.30. The molecule has 3 heteroatoms. The van der Waals surface area contributed by atoms with Crippen molar-refractivity contribution in [3.8, 4) is 0 Å². The van der Waals surface area contributed by atoms with Crippen LogP contribution in [0.2, 0.25) is 0 Å². The monoisotopic (exact) mass is 280 g/mol. The summed E-state index contributed by atoms with van der Waals surface area (Å²) in [4.78, 5) is 11.9. The molecule has 2 fully saturated rings. The van der Waals surface area contributed by atoms with Crippen LogP contribution in [0.15, 0.2) is 0 Å². The highest BCUT2D eigenvalue weighted by Gasteiger charge is 2.20. The van der Waals surface area contributed by atoms with Crippen LogP contribution in [0.3, 0.4) is 0 Å². The number of carbonyl (C=O) groups is 1. The molecular weight excluding hydrogens is 248 g/mol. The van der Waals surface area contributed by atoms with Gasteiger partial charge in [0.05, 0.1) is 0 Å². The Bertz CT molecular complexity index is 279. The summed E-state index contributed by atoms with van der Waals surface area (Å²) in [6.07, 6.45) is 12.2. The molecule has 0 aromatic heterocycles. The molecule has 0 aromatic rings. The average molecular weight is 280 g/mol. The zero-order valence-electron chi connectivity index (χ0n) is 13.1. The summed E-state index contributed by atoms with van der Waals surface area (Å²) >= 11 is 0. The zero-order valence-corrected chi connectivity index (χ0v) is 13.1. The molecule has 116 valence electrons. The molecule has 0 bridgehead atoms. The van der Waals surface area contributed by atoms with Gasteiger partial charge >= 0.3 is 0 Å². The van der Waals surface area contributed by atoms with Gasteiger partial charge in [-0.25, -0.2) is 0 Å². The average Bonchev–Trinajstić information content (AvgIpc) is 2.52. The number of rotatable bonds is 6. The maximum atomic E-state index is 11.9. The molecule has 1 aliphatic carbocycles. The van der Waals surface area contributed by atoms with E-state index in [-0.39, 0.29) is 5.91 Å². The van der Waals surface area contributed by atoms with E-state index >= 15 is 0 Å². The quantitative estimate of drug-likeness (QED) is 0.784. The molecule has 2 aliphatic rings. The fourth-order valence-corrected chi connectivity index (χ4v) is 3.67. The lowest BCUT2D eigenvalue weighted by atomic mass is 9.81. The van der Waals surface area contributed by atoms with Crippen LogP contribution in [0.5, 0.6) is 0 Å². The number of hydrogen-bond acceptors (Lipinski definition) is 2. The van der Waals surface area contributed by atoms with Crippen LogP contribution >= 0.6 is 0 Å². The van der Waals surface area contributed by atoms with Crippen LogP contribution < -0.4 is 10.6 Å². The van der Waals surface area contributed by atoms with Crippen LogP contribution in [0.4, 0.5) is 0 Å². The summed E-state index contributed by atoms with van der Waals surface area (Å²) in [5, 5.41) is 6.67. The van der Waals surface area contributed by atoms with Crippen molar-refractivity contribution in [1.29, 1.82) is 0 Å². The van der Waals surface area contributed by atoms with Crippen molar-refractivity contribution in [2.75, 3.05) is 13.1 Å². The fraction of sp³-hybridized carbons (Fsp3) is 0.941. The molecule has 2 N–H and O–H groups in total. The Balaban J connectivity index is 1.53. The van der Waals surface area contributed by atoms with Gasteiger partial charge in [0.1, 0.15) is 0 Å². The second kappa shape index (κ2) is 8.66. The van der Waals surface area contributed by atoms with E-state index in [4.69, 9.17) is 0 Å². The zero-order chi connectivity index (χ0) is 14.2. The van der Waals surface area contributed by atoms with E-state index in [0.29, 0.717) is 12.5 Å². The minimum absolute atomic E-state index is 0.259. The molecular formula is C17H32N2O. The Hall–Kier alpha value is -0.570. The van der Waals surface area contributed by atoms with Crippen LogP contribution in [0.1, 0.15) is 71.1 Å². The first-order valence-corrected chi connectivity index (χ1v) is 8.78. The van der Waals surface area contributed by atoms with Crippen LogP contribution in [-0.2, 0) is 4.79 Å². The minimum atomic E-state index is 0.259. The number of carbonyl (C=O) groups excluding carboxylic acids is 1. The molecule has 1 amide bonds. The van der Waals surface area contributed by atoms with Crippen LogP contribution in [0.25, 0.3) is 0 Å². The minimum Gasteiger partial charge on any atom is -0.356 e. The molecule has 1 atom stereocenters. The molecule has 0 spiro atoms. The Morgan fingerprint density at radius 3 is 2.50 bits per heavy atom. The van der Waals surface area contributed by atoms with Gasteiger partial charge in [-0.05, 0) is 50.5 Å². The number of amides is 1. The third-order valence-corrected chi connectivity index (χ3v) is 5.26. The van der Waals surface area contributed by atoms with Gasteiger partial charge in [-0.1, -0.05) is 32.6 Å². The summed E-state index contributed by atoms with van der Waals surface area (Å²) in [5.74, 6) is 1.93. The maximum absolute atomic E-state index is 11.9. The normalized spacial score (nSPS) is 30.9. The molecule has 20 heavy (non-hydrogen) atoms. The van der Waals surface area contributed by atoms with Gasteiger partial charge in [0.15, 0.2) is 0 Å². The largest absolute Gasteiger partial charge is 0.356 e. The van der Waals surface area contributed by atoms with E-state index in [9.17, 15) is 4.79 Å². The van der Waals surface area contributed by atoms with Crippen LogP contribution in [-0.4, -0.2) is 25.0 Å². The fourth-order valence-electron chi connectivity index (χ4n) is 3.67. The van der Waals surface area contributed by atoms with Crippen molar-refractivity contribution in [2.24, 2.45) is 11.8 Å². The molecule has 1 unspecified atom stereocenters. The van der Waals surface area contributed by atoms with E-state index in [1.54, 1.807) is 0 Å². The first-order chi connectivity index (χ1) is 9.78. The predicted octanol–water partition coefficient (Wildman–Crippen LogP) is 3.24. The maximum Gasteiger partial charge on any atom is 0.220 e. The summed E-state index contributed by atoms with van der Waals surface area (Å²) < 4.78 is 0. The van der Waals surface area contributed by atoms with E-state index < -0.39 is 0 Å². The number of nitrogens with one attached hydrogen (secondary N) is 2. The van der Waals surface area contributed by atoms with Gasteiger partial charge in [0.25, 0.3) is 0 Å². The van der Waals surface area contributed by atoms with Gasteiger partial charge in [-0.2, -0.15) is 0 Å². The van der Waals surface area contributed by atoms with Crippen LogP contribution in [0, 0.1) is 11.8 Å². The van der Waals surface area contributed by atoms with E-state index in [1.165, 1.54) is 51.4 Å². The molecule has 0 aromatic carbocycles. The SMILES string of the molecule is CCC1CCC(CNC(=O)CCC2CCCCN2)CC1. The highest BCUT2D eigenvalue weighted by molar-refractivity contribution is 5.75. The van der Waals surface area contributed by atoms with Crippen molar-refractivity contribution in [3.05, 3.63) is 0 Å². The Morgan fingerprint density at radius 2 is 1.85 bits per heavy atom. The van der Waals surface area contributed by atoms with Crippen molar-refractivity contribution < 1.29 is 4.79 Å². The lowest BCUT2D eigenvalue weighted by Gasteiger charge is -2.28. The lowest BCUT2D eigenvalue weighted by Crippen LogP contribution is -2.36. The van der Waals surface area contributed by atoms with Gasteiger partial charge in [0, 0.05) is 19.0 Å². The molecule has 1 heterocycles. The molecule has 1 saturated carbocycles. The Labute approximate surface area is 124 Å². The third kappa shape index (κ3) is 5.43. The summed E-state index contributed by atoms with van der Waals surface area (Å²) in [6.45, 7) is 4.34. The number of hydrogen-bond donors (Lipinski definition) is 2. The Kier molecular flexibility index (Phi) is 6.85. The smallest absolute Gasteiger partial charge is 0.220 e. The highest BCUT2D eigenvalue weighted by atomic mass is 16.1. The third-order valence-electron chi connectivity index (χ3n) is 5.26. The molecule has 1 saturated heterocycles. The predicted molar refractivity (Wildman–Crippen MR) is 83.6 cm³/mol. The first kappa shape index (κ1) is 15.8. The van der Waals surface area contributed by atoms with Gasteiger partial charge in [-0.15, -0.1) is 0 Å². The first-order valence-electron chi connectivity index (χ1n) is 8.78. The summed E-state index contributed by atoms with van der Waals surface area (Å²) in [7, 11) is 0. The van der Waals surface area contributed by atoms with Crippen molar-refractivity contribution >= 4 is 5.91 Å². The lowest BCUT2D eigenvalue weighted by molar-refractivity contribution is -0.121. The Morgan fingerprint density at radius 1 is 1.10 bits per heavy atom. The van der Waals surface area contributed by atoms with Gasteiger partial charge in [0.2, 0.25) is 5.91 Å². The molecule has 3 nitrogen and oxygen atoms in total. The second-order valence-corrected chi connectivity index (χ2v) is 6.78. The van der Waals surface area contributed by atoms with Gasteiger partial charge < -0.3 is 10.6 Å². The van der Waals surface area contributed by atoms with Crippen molar-refractivity contribution in [1.82, 2.24) is 10.6 Å². The second-order valence-electron chi connectivity index (χ2n) is 6.78. The van der Waals surface area contributed by atoms with E-state index in [0.717, 1.165) is 31.3 Å². The summed E-state index contributed by atoms with van der Waals surface area (Å²) in [6, 6.07) is 0.578. The standard InChI is InChI=1S/C17H32N2O/c1-2-14-6-8-15(9-7-14)13-19-17(20)11-10-16-5-3-4-12-18-16/h14-16,18H,2-13H2,1H3,(H,19,20). The number of piperidine rings is 1. The molecule has 1 aliphatic heterocycles. The van der Waals surface area contributed by atoms with E-state index in [1.807, 2.05) is 0 Å².